The van der Waals surface area contributed by atoms with Crippen LogP contribution in [0.1, 0.15) is 38.5 Å². The molecule has 0 bridgehead atoms. The van der Waals surface area contributed by atoms with Gasteiger partial charge in [0.15, 0.2) is 0 Å². The number of piperidine rings is 1. The molecule has 184 valence electrons. The zero-order valence-corrected chi connectivity index (χ0v) is 18.9. The molecule has 4 fully saturated rings. The number of hydrogen-bond acceptors (Lipinski definition) is 5. The summed E-state index contributed by atoms with van der Waals surface area (Å²) in [6.45, 7) is 0.886. The molecule has 3 aliphatic heterocycles. The van der Waals surface area contributed by atoms with Crippen LogP contribution in [0.15, 0.2) is 0 Å². The summed E-state index contributed by atoms with van der Waals surface area (Å²) >= 11 is 0. The van der Waals surface area contributed by atoms with Gasteiger partial charge in [-0.25, -0.2) is 0 Å². The topological polar surface area (TPSA) is 114 Å². The maximum atomic E-state index is 13.2. The Kier molecular flexibility index (Phi) is 6.63. The third kappa shape index (κ3) is 4.70. The number of likely N-dealkylation sites (tertiary alicyclic amines) is 1. The van der Waals surface area contributed by atoms with Crippen molar-refractivity contribution in [2.75, 3.05) is 32.7 Å². The van der Waals surface area contributed by atoms with Crippen molar-refractivity contribution in [3.8, 4) is 6.07 Å². The summed E-state index contributed by atoms with van der Waals surface area (Å²) in [6, 6.07) is 0.246. The molecule has 4 rings (SSSR count). The summed E-state index contributed by atoms with van der Waals surface area (Å²) in [5.41, 5.74) is 0. The van der Waals surface area contributed by atoms with Crippen LogP contribution in [0.2, 0.25) is 0 Å². The van der Waals surface area contributed by atoms with Gasteiger partial charge in [0.2, 0.25) is 11.8 Å². The maximum absolute atomic E-state index is 13.2. The molecule has 1 saturated carbocycles. The van der Waals surface area contributed by atoms with E-state index in [4.69, 9.17) is 5.26 Å². The van der Waals surface area contributed by atoms with Gasteiger partial charge >= 0.3 is 6.18 Å². The Labute approximate surface area is 191 Å². The largest absolute Gasteiger partial charge is 0.393 e. The van der Waals surface area contributed by atoms with Crippen LogP contribution >= 0.6 is 0 Å². The lowest BCUT2D eigenvalue weighted by atomic mass is 9.79. The van der Waals surface area contributed by atoms with E-state index in [0.29, 0.717) is 32.2 Å². The lowest BCUT2D eigenvalue weighted by Crippen LogP contribution is -2.59. The number of nitrogens with one attached hydrogen (secondary N) is 1. The molecule has 3 saturated heterocycles. The molecule has 4 atom stereocenters. The van der Waals surface area contributed by atoms with Crippen LogP contribution in [0.5, 0.6) is 0 Å². The molecule has 0 aromatic carbocycles. The van der Waals surface area contributed by atoms with Crippen LogP contribution < -0.4 is 5.32 Å². The fourth-order valence-corrected chi connectivity index (χ4v) is 6.90. The maximum Gasteiger partial charge on any atom is 0.393 e. The molecule has 33 heavy (non-hydrogen) atoms. The van der Waals surface area contributed by atoms with Crippen molar-refractivity contribution < 1.29 is 31.2 Å². The number of rotatable bonds is 5. The molecular formula is C20H28F3N5O4S. The summed E-state index contributed by atoms with van der Waals surface area (Å²) in [4.78, 5) is 27.4. The number of amides is 2. The van der Waals surface area contributed by atoms with Gasteiger partial charge in [0.05, 0.1) is 23.8 Å². The molecule has 1 aliphatic carbocycles. The van der Waals surface area contributed by atoms with Gasteiger partial charge in [-0.15, -0.1) is 0 Å². The fraction of sp³-hybridized carbons (Fsp3) is 0.850. The molecular weight excluding hydrogens is 463 g/mol. The van der Waals surface area contributed by atoms with Gasteiger partial charge in [0.25, 0.3) is 10.2 Å². The zero-order chi connectivity index (χ0) is 24.0. The number of nitrogens with zero attached hydrogens (tertiary/aromatic N) is 4. The van der Waals surface area contributed by atoms with Crippen LogP contribution in [0, 0.1) is 29.1 Å². The number of hydrogen-bond donors (Lipinski definition) is 1. The minimum Gasteiger partial charge on any atom is -0.351 e. The molecule has 0 aromatic rings. The van der Waals surface area contributed by atoms with Gasteiger partial charge in [0.1, 0.15) is 6.04 Å². The highest BCUT2D eigenvalue weighted by molar-refractivity contribution is 7.86. The van der Waals surface area contributed by atoms with E-state index in [1.807, 2.05) is 6.07 Å². The Morgan fingerprint density at radius 2 is 1.67 bits per heavy atom. The molecule has 2 amide bonds. The summed E-state index contributed by atoms with van der Waals surface area (Å²) in [6.07, 6.45) is -2.20. The van der Waals surface area contributed by atoms with E-state index in [9.17, 15) is 31.2 Å². The highest BCUT2D eigenvalue weighted by Gasteiger charge is 2.51. The number of halogens is 3. The standard InChI is InChI=1S/C20H28F3N5O4S/c21-20(22,23)15-5-6-16(15)25-18(29)17-4-2-8-28(17)19(30)14-3-1-7-26(12-14)33(31,32)27-10-13(9-24)11-27/h13-17H,1-8,10-12H2,(H,25,29)/t14-,15+,16+,17+/m0/s1. The third-order valence-electron chi connectivity index (χ3n) is 7.28. The first-order valence-corrected chi connectivity index (χ1v) is 12.7. The van der Waals surface area contributed by atoms with E-state index in [1.54, 1.807) is 0 Å². The van der Waals surface area contributed by atoms with Crippen LogP contribution in [0.25, 0.3) is 0 Å². The average molecular weight is 492 g/mol. The first-order valence-electron chi connectivity index (χ1n) is 11.3. The van der Waals surface area contributed by atoms with E-state index >= 15 is 0 Å². The quantitative estimate of drug-likeness (QED) is 0.613. The van der Waals surface area contributed by atoms with E-state index < -0.39 is 46.2 Å². The van der Waals surface area contributed by atoms with Crippen molar-refractivity contribution >= 4 is 22.0 Å². The smallest absolute Gasteiger partial charge is 0.351 e. The third-order valence-corrected chi connectivity index (χ3v) is 9.21. The Balaban J connectivity index is 1.37. The normalized spacial score (nSPS) is 32.0. The van der Waals surface area contributed by atoms with E-state index in [2.05, 4.69) is 5.32 Å². The summed E-state index contributed by atoms with van der Waals surface area (Å²) in [5.74, 6) is -3.37. The highest BCUT2D eigenvalue weighted by Crippen LogP contribution is 2.41. The Hall–Kier alpha value is -1.91. The average Bonchev–Trinajstić information content (AvgIpc) is 3.18. The van der Waals surface area contributed by atoms with Gasteiger partial charge in [0, 0.05) is 38.8 Å². The fourth-order valence-electron chi connectivity index (χ4n) is 5.11. The molecule has 13 heteroatoms. The van der Waals surface area contributed by atoms with Crippen molar-refractivity contribution in [2.45, 2.75) is 56.8 Å². The van der Waals surface area contributed by atoms with Gasteiger partial charge in [-0.1, -0.05) is 0 Å². The SMILES string of the molecule is N#CC1CN(S(=O)(=O)N2CCC[C@H](C(=O)N3CCC[C@@H]3C(=O)N[C@@H]3CC[C@H]3C(F)(F)F)C2)C1. The van der Waals surface area contributed by atoms with E-state index in [0.717, 1.165) is 0 Å². The minimum atomic E-state index is -4.36. The lowest BCUT2D eigenvalue weighted by Gasteiger charge is -2.41. The van der Waals surface area contributed by atoms with Crippen LogP contribution in [-0.4, -0.2) is 84.7 Å². The predicted molar refractivity (Wildman–Crippen MR) is 109 cm³/mol. The number of nitriles is 1. The molecule has 0 unspecified atom stereocenters. The van der Waals surface area contributed by atoms with E-state index in [-0.39, 0.29) is 50.8 Å². The van der Waals surface area contributed by atoms with Gasteiger partial charge in [-0.2, -0.15) is 35.5 Å². The zero-order valence-electron chi connectivity index (χ0n) is 18.1. The molecule has 9 nitrogen and oxygen atoms in total. The minimum absolute atomic E-state index is 0.00149. The summed E-state index contributed by atoms with van der Waals surface area (Å²) in [5, 5.41) is 11.4. The molecule has 4 aliphatic rings. The van der Waals surface area contributed by atoms with Crippen molar-refractivity contribution in [3.63, 3.8) is 0 Å². The summed E-state index contributed by atoms with van der Waals surface area (Å²) < 4.78 is 67.1. The second-order valence-electron chi connectivity index (χ2n) is 9.38. The van der Waals surface area contributed by atoms with Crippen LogP contribution in [0.4, 0.5) is 13.2 Å². The van der Waals surface area contributed by atoms with Gasteiger partial charge in [-0.05, 0) is 38.5 Å². The number of carbonyl (C=O) groups is 2. The number of carbonyl (C=O) groups excluding carboxylic acids is 2. The first-order chi connectivity index (χ1) is 15.5. The van der Waals surface area contributed by atoms with Crippen molar-refractivity contribution in [1.82, 2.24) is 18.8 Å². The summed E-state index contributed by atoms with van der Waals surface area (Å²) in [7, 11) is -3.76. The lowest BCUT2D eigenvalue weighted by molar-refractivity contribution is -0.203. The van der Waals surface area contributed by atoms with Gasteiger partial charge < -0.3 is 10.2 Å². The molecule has 0 spiro atoms. The van der Waals surface area contributed by atoms with Crippen molar-refractivity contribution in [3.05, 3.63) is 0 Å². The molecule has 1 N–H and O–H groups in total. The van der Waals surface area contributed by atoms with Crippen LogP contribution in [-0.2, 0) is 19.8 Å². The van der Waals surface area contributed by atoms with Crippen molar-refractivity contribution in [2.24, 2.45) is 17.8 Å². The first kappa shape index (κ1) is 24.2. The Morgan fingerprint density at radius 1 is 0.970 bits per heavy atom. The molecule has 0 radical (unpaired) electrons. The molecule has 0 aromatic heterocycles. The monoisotopic (exact) mass is 491 g/mol. The highest BCUT2D eigenvalue weighted by atomic mass is 32.2. The van der Waals surface area contributed by atoms with Crippen molar-refractivity contribution in [1.29, 1.82) is 5.26 Å². The molecule has 3 heterocycles. The second-order valence-corrected chi connectivity index (χ2v) is 11.3. The Bertz CT molecular complexity index is 931. The second kappa shape index (κ2) is 9.03. The van der Waals surface area contributed by atoms with Crippen LogP contribution in [0.3, 0.4) is 0 Å². The van der Waals surface area contributed by atoms with E-state index in [1.165, 1.54) is 13.5 Å². The Morgan fingerprint density at radius 3 is 2.27 bits per heavy atom. The predicted octanol–water partition coefficient (Wildman–Crippen LogP) is 0.847. The van der Waals surface area contributed by atoms with Gasteiger partial charge in [-0.3, -0.25) is 9.59 Å². The number of alkyl halides is 3.